The minimum atomic E-state index is -0.492. The van der Waals surface area contributed by atoms with E-state index in [4.69, 9.17) is 0 Å². The van der Waals surface area contributed by atoms with E-state index in [1.54, 1.807) is 4.90 Å². The Morgan fingerprint density at radius 2 is 1.48 bits per heavy atom. The number of hydrogen-bond donors (Lipinski definition) is 1. The molecule has 4 heteroatoms. The van der Waals surface area contributed by atoms with Crippen molar-refractivity contribution in [2.24, 2.45) is 0 Å². The summed E-state index contributed by atoms with van der Waals surface area (Å²) in [6.07, 6.45) is 2.68. The van der Waals surface area contributed by atoms with Gasteiger partial charge in [-0.25, -0.2) is 0 Å². The highest BCUT2D eigenvalue weighted by Crippen LogP contribution is 2.16. The summed E-state index contributed by atoms with van der Waals surface area (Å²) in [7, 11) is 0. The number of benzene rings is 2. The average Bonchev–Trinajstić information content (AvgIpc) is 2.78. The van der Waals surface area contributed by atoms with Crippen LogP contribution in [0.2, 0.25) is 0 Å². The first kappa shape index (κ1) is 24.6. The molecule has 0 heterocycles. The Morgan fingerprint density at radius 3 is 2.06 bits per heavy atom. The average molecular weight is 423 g/mol. The van der Waals surface area contributed by atoms with E-state index in [0.717, 1.165) is 18.4 Å². The maximum absolute atomic E-state index is 13.2. The summed E-state index contributed by atoms with van der Waals surface area (Å²) < 4.78 is 0. The fourth-order valence-electron chi connectivity index (χ4n) is 3.50. The van der Waals surface area contributed by atoms with E-state index in [-0.39, 0.29) is 17.9 Å². The Morgan fingerprint density at radius 1 is 0.871 bits per heavy atom. The lowest BCUT2D eigenvalue weighted by Gasteiger charge is -2.29. The van der Waals surface area contributed by atoms with E-state index in [1.165, 1.54) is 11.1 Å². The van der Waals surface area contributed by atoms with E-state index in [2.05, 4.69) is 55.6 Å². The van der Waals surface area contributed by atoms with Crippen molar-refractivity contribution >= 4 is 11.8 Å². The number of carbonyl (C=O) groups excluding carboxylic acids is 2. The molecule has 0 unspecified atom stereocenters. The van der Waals surface area contributed by atoms with Gasteiger partial charge in [0.25, 0.3) is 0 Å². The molecule has 168 valence electrons. The van der Waals surface area contributed by atoms with Crippen molar-refractivity contribution < 1.29 is 9.59 Å². The standard InChI is InChI=1S/C27H38N2O2/c1-6-21(4)28-27(31)22(5)29(19-18-23-10-8-7-9-11-23)26(30)17-14-24-12-15-25(16-13-24)20(2)3/h7-13,15-16,20-22H,6,14,17-19H2,1-5H3,(H,28,31)/t21-,22+/m0/s1. The highest BCUT2D eigenvalue weighted by molar-refractivity contribution is 5.87. The monoisotopic (exact) mass is 422 g/mol. The van der Waals surface area contributed by atoms with Gasteiger partial charge < -0.3 is 10.2 Å². The second-order valence-corrected chi connectivity index (χ2v) is 8.71. The highest BCUT2D eigenvalue weighted by atomic mass is 16.2. The summed E-state index contributed by atoms with van der Waals surface area (Å²) in [5.41, 5.74) is 3.62. The van der Waals surface area contributed by atoms with Crippen LogP contribution in [0.5, 0.6) is 0 Å². The molecule has 2 amide bonds. The number of amides is 2. The van der Waals surface area contributed by atoms with Crippen molar-refractivity contribution in [3.8, 4) is 0 Å². The van der Waals surface area contributed by atoms with Crippen LogP contribution in [-0.2, 0) is 22.4 Å². The first-order valence-corrected chi connectivity index (χ1v) is 11.5. The van der Waals surface area contributed by atoms with Crippen LogP contribution >= 0.6 is 0 Å². The molecule has 4 nitrogen and oxygen atoms in total. The molecule has 0 aliphatic heterocycles. The van der Waals surface area contributed by atoms with Crippen LogP contribution < -0.4 is 5.32 Å². The van der Waals surface area contributed by atoms with Gasteiger partial charge in [-0.2, -0.15) is 0 Å². The van der Waals surface area contributed by atoms with Gasteiger partial charge in [0.1, 0.15) is 6.04 Å². The van der Waals surface area contributed by atoms with Crippen molar-refractivity contribution in [1.29, 1.82) is 0 Å². The normalized spacial score (nSPS) is 13.0. The zero-order valence-electron chi connectivity index (χ0n) is 19.7. The number of nitrogens with zero attached hydrogens (tertiary/aromatic N) is 1. The van der Waals surface area contributed by atoms with Crippen molar-refractivity contribution in [2.75, 3.05) is 6.54 Å². The summed E-state index contributed by atoms with van der Waals surface area (Å²) in [6, 6.07) is 18.2. The van der Waals surface area contributed by atoms with Crippen molar-refractivity contribution in [2.45, 2.75) is 78.3 Å². The van der Waals surface area contributed by atoms with Crippen LogP contribution in [0.1, 0.15) is 70.1 Å². The third-order valence-electron chi connectivity index (χ3n) is 5.93. The van der Waals surface area contributed by atoms with Gasteiger partial charge in [0.15, 0.2) is 0 Å². The molecule has 0 aromatic heterocycles. The van der Waals surface area contributed by atoms with Crippen LogP contribution in [0.25, 0.3) is 0 Å². The van der Waals surface area contributed by atoms with Crippen LogP contribution in [0.3, 0.4) is 0 Å². The SMILES string of the molecule is CC[C@H](C)NC(=O)[C@@H](C)N(CCc1ccccc1)C(=O)CCc1ccc(C(C)C)cc1. The zero-order chi connectivity index (χ0) is 22.8. The van der Waals surface area contributed by atoms with Crippen molar-refractivity contribution in [3.63, 3.8) is 0 Å². The molecule has 0 saturated carbocycles. The Labute approximate surface area is 188 Å². The fraction of sp³-hybridized carbons (Fsp3) is 0.481. The number of hydrogen-bond acceptors (Lipinski definition) is 2. The lowest BCUT2D eigenvalue weighted by molar-refractivity contribution is -0.140. The summed E-state index contributed by atoms with van der Waals surface area (Å²) in [6.45, 7) is 10.7. The van der Waals surface area contributed by atoms with Crippen molar-refractivity contribution in [3.05, 3.63) is 71.3 Å². The maximum atomic E-state index is 13.2. The van der Waals surface area contributed by atoms with Gasteiger partial charge in [-0.3, -0.25) is 9.59 Å². The highest BCUT2D eigenvalue weighted by Gasteiger charge is 2.26. The summed E-state index contributed by atoms with van der Waals surface area (Å²) in [4.78, 5) is 27.6. The Hall–Kier alpha value is -2.62. The molecule has 0 spiro atoms. The van der Waals surface area contributed by atoms with Crippen molar-refractivity contribution in [1.82, 2.24) is 10.2 Å². The lowest BCUT2D eigenvalue weighted by atomic mass is 10.00. The molecule has 0 aliphatic rings. The number of rotatable bonds is 11. The Bertz CT molecular complexity index is 815. The lowest BCUT2D eigenvalue weighted by Crippen LogP contribution is -2.50. The molecule has 2 rings (SSSR count). The van der Waals surface area contributed by atoms with Crippen LogP contribution in [-0.4, -0.2) is 35.3 Å². The van der Waals surface area contributed by atoms with Gasteiger partial charge >= 0.3 is 0 Å². The predicted molar refractivity (Wildman–Crippen MR) is 128 cm³/mol. The largest absolute Gasteiger partial charge is 0.352 e. The topological polar surface area (TPSA) is 49.4 Å². The summed E-state index contributed by atoms with van der Waals surface area (Å²) in [5, 5.41) is 3.02. The molecule has 0 saturated heterocycles. The second kappa shape index (κ2) is 12.3. The van der Waals surface area contributed by atoms with Crippen LogP contribution in [0.15, 0.2) is 54.6 Å². The first-order valence-electron chi connectivity index (χ1n) is 11.5. The molecular weight excluding hydrogens is 384 g/mol. The minimum absolute atomic E-state index is 0.0238. The Kier molecular flexibility index (Phi) is 9.77. The number of nitrogens with one attached hydrogen (secondary N) is 1. The van der Waals surface area contributed by atoms with Gasteiger partial charge in [-0.05, 0) is 55.7 Å². The molecule has 0 aliphatic carbocycles. The van der Waals surface area contributed by atoms with Gasteiger partial charge in [0, 0.05) is 19.0 Å². The molecule has 0 bridgehead atoms. The Balaban J connectivity index is 2.05. The molecule has 0 radical (unpaired) electrons. The fourth-order valence-corrected chi connectivity index (χ4v) is 3.50. The second-order valence-electron chi connectivity index (χ2n) is 8.71. The van der Waals surface area contributed by atoms with E-state index < -0.39 is 6.04 Å². The number of carbonyl (C=O) groups is 2. The van der Waals surface area contributed by atoms with Crippen LogP contribution in [0.4, 0.5) is 0 Å². The first-order chi connectivity index (χ1) is 14.8. The van der Waals surface area contributed by atoms with E-state index in [0.29, 0.717) is 25.3 Å². The van der Waals surface area contributed by atoms with Gasteiger partial charge in [0.05, 0.1) is 0 Å². The zero-order valence-corrected chi connectivity index (χ0v) is 19.7. The van der Waals surface area contributed by atoms with Crippen LogP contribution in [0, 0.1) is 0 Å². The molecule has 2 aromatic carbocycles. The molecular formula is C27H38N2O2. The molecule has 31 heavy (non-hydrogen) atoms. The predicted octanol–water partition coefficient (Wildman–Crippen LogP) is 5.12. The van der Waals surface area contributed by atoms with Gasteiger partial charge in [0.2, 0.25) is 11.8 Å². The number of aryl methyl sites for hydroxylation is 1. The summed E-state index contributed by atoms with van der Waals surface area (Å²) in [5.74, 6) is 0.432. The molecule has 0 fully saturated rings. The van der Waals surface area contributed by atoms with E-state index in [9.17, 15) is 9.59 Å². The smallest absolute Gasteiger partial charge is 0.242 e. The van der Waals surface area contributed by atoms with E-state index >= 15 is 0 Å². The minimum Gasteiger partial charge on any atom is -0.352 e. The maximum Gasteiger partial charge on any atom is 0.242 e. The molecule has 1 N–H and O–H groups in total. The van der Waals surface area contributed by atoms with Gasteiger partial charge in [-0.15, -0.1) is 0 Å². The molecule has 2 atom stereocenters. The quantitative estimate of drug-likeness (QED) is 0.547. The summed E-state index contributed by atoms with van der Waals surface area (Å²) >= 11 is 0. The molecule has 2 aromatic rings. The third kappa shape index (κ3) is 7.86. The third-order valence-corrected chi connectivity index (χ3v) is 5.93. The van der Waals surface area contributed by atoms with E-state index in [1.807, 2.05) is 39.0 Å². The van der Waals surface area contributed by atoms with Gasteiger partial charge in [-0.1, -0.05) is 75.4 Å².